The third kappa shape index (κ3) is 2.18. The van der Waals surface area contributed by atoms with Gasteiger partial charge in [-0.05, 0) is 24.6 Å². The van der Waals surface area contributed by atoms with Crippen molar-refractivity contribution in [3.05, 3.63) is 52.8 Å². The lowest BCUT2D eigenvalue weighted by atomic mass is 10.1. The van der Waals surface area contributed by atoms with E-state index in [0.29, 0.717) is 17.0 Å². The summed E-state index contributed by atoms with van der Waals surface area (Å²) in [7, 11) is 0. The first-order valence-electron chi connectivity index (χ1n) is 5.91. The molecule has 6 heteroatoms. The molecule has 0 saturated heterocycles. The van der Waals surface area contributed by atoms with E-state index >= 15 is 0 Å². The number of benzene rings is 1. The fraction of sp³-hybridized carbons (Fsp3) is 0.0714. The standard InChI is InChI=1S/C14H11N3O3/c1-8-4-13(18)20-12-5-9(2-3-10(8)12)19-14-11(15)6-16-7-17-14/h2-7H,15H2,1H3. The van der Waals surface area contributed by atoms with E-state index in [-0.39, 0.29) is 5.88 Å². The Morgan fingerprint density at radius 1 is 1.30 bits per heavy atom. The molecule has 3 aromatic rings. The fourth-order valence-corrected chi connectivity index (χ4v) is 1.89. The molecule has 0 amide bonds. The minimum atomic E-state index is -0.395. The summed E-state index contributed by atoms with van der Waals surface area (Å²) >= 11 is 0. The molecule has 1 aromatic carbocycles. The van der Waals surface area contributed by atoms with Crippen LogP contribution >= 0.6 is 0 Å². The molecule has 0 saturated carbocycles. The highest BCUT2D eigenvalue weighted by molar-refractivity contribution is 5.81. The van der Waals surface area contributed by atoms with E-state index in [1.165, 1.54) is 18.6 Å². The number of hydrogen-bond donors (Lipinski definition) is 1. The highest BCUT2D eigenvalue weighted by atomic mass is 16.5. The second kappa shape index (κ2) is 4.65. The van der Waals surface area contributed by atoms with Crippen molar-refractivity contribution in [3.8, 4) is 11.6 Å². The van der Waals surface area contributed by atoms with Gasteiger partial charge in [0, 0.05) is 17.5 Å². The molecule has 0 radical (unpaired) electrons. The molecule has 2 N–H and O–H groups in total. The van der Waals surface area contributed by atoms with Crippen molar-refractivity contribution < 1.29 is 9.15 Å². The number of nitrogens with two attached hydrogens (primary N) is 1. The van der Waals surface area contributed by atoms with E-state index in [2.05, 4.69) is 9.97 Å². The number of hydrogen-bond acceptors (Lipinski definition) is 6. The molecule has 100 valence electrons. The number of aromatic nitrogens is 2. The molecule has 0 fully saturated rings. The van der Waals surface area contributed by atoms with E-state index < -0.39 is 5.63 Å². The number of nitrogen functional groups attached to an aromatic ring is 1. The molecule has 0 aliphatic heterocycles. The predicted molar refractivity (Wildman–Crippen MR) is 73.7 cm³/mol. The first kappa shape index (κ1) is 12.2. The maximum atomic E-state index is 11.4. The number of nitrogens with zero attached hydrogens (tertiary/aromatic N) is 2. The quantitative estimate of drug-likeness (QED) is 0.717. The van der Waals surface area contributed by atoms with Crippen LogP contribution in [0.25, 0.3) is 11.0 Å². The molecule has 0 aliphatic rings. The Morgan fingerprint density at radius 2 is 2.15 bits per heavy atom. The van der Waals surface area contributed by atoms with Crippen molar-refractivity contribution in [2.45, 2.75) is 6.92 Å². The van der Waals surface area contributed by atoms with E-state index in [1.807, 2.05) is 13.0 Å². The normalized spacial score (nSPS) is 10.7. The summed E-state index contributed by atoms with van der Waals surface area (Å²) in [5.41, 5.74) is 6.95. The Hall–Kier alpha value is -2.89. The molecule has 20 heavy (non-hydrogen) atoms. The van der Waals surface area contributed by atoms with Crippen LogP contribution in [0, 0.1) is 6.92 Å². The molecule has 3 rings (SSSR count). The highest BCUT2D eigenvalue weighted by Gasteiger charge is 2.07. The van der Waals surface area contributed by atoms with Gasteiger partial charge in [-0.25, -0.2) is 9.78 Å². The summed E-state index contributed by atoms with van der Waals surface area (Å²) in [6.07, 6.45) is 2.80. The average Bonchev–Trinajstić information content (AvgIpc) is 2.41. The van der Waals surface area contributed by atoms with Crippen molar-refractivity contribution in [1.82, 2.24) is 9.97 Å². The Bertz CT molecular complexity index is 842. The Kier molecular flexibility index (Phi) is 2.83. The van der Waals surface area contributed by atoms with Gasteiger partial charge in [0.05, 0.1) is 6.20 Å². The van der Waals surface area contributed by atoms with Gasteiger partial charge in [0.15, 0.2) is 0 Å². The van der Waals surface area contributed by atoms with Gasteiger partial charge in [-0.3, -0.25) is 0 Å². The van der Waals surface area contributed by atoms with Gasteiger partial charge in [0.1, 0.15) is 23.3 Å². The van der Waals surface area contributed by atoms with Crippen molar-refractivity contribution in [2.75, 3.05) is 5.73 Å². The summed E-state index contributed by atoms with van der Waals surface area (Å²) in [6, 6.07) is 6.66. The minimum absolute atomic E-state index is 0.259. The van der Waals surface area contributed by atoms with Gasteiger partial charge in [0.2, 0.25) is 5.88 Å². The lowest BCUT2D eigenvalue weighted by molar-refractivity contribution is 0.462. The molecule has 2 aromatic heterocycles. The van der Waals surface area contributed by atoms with E-state index in [1.54, 1.807) is 12.1 Å². The van der Waals surface area contributed by atoms with E-state index in [0.717, 1.165) is 10.9 Å². The predicted octanol–water partition coefficient (Wildman–Crippen LogP) is 2.27. The van der Waals surface area contributed by atoms with Gasteiger partial charge in [0.25, 0.3) is 0 Å². The van der Waals surface area contributed by atoms with Crippen LogP contribution in [-0.2, 0) is 0 Å². The van der Waals surface area contributed by atoms with Gasteiger partial charge in [-0.2, -0.15) is 4.98 Å². The van der Waals surface area contributed by atoms with Gasteiger partial charge < -0.3 is 14.9 Å². The molecule has 6 nitrogen and oxygen atoms in total. The first-order chi connectivity index (χ1) is 9.63. The minimum Gasteiger partial charge on any atom is -0.437 e. The van der Waals surface area contributed by atoms with Crippen LogP contribution in [0.4, 0.5) is 5.69 Å². The zero-order chi connectivity index (χ0) is 14.1. The SMILES string of the molecule is Cc1cc(=O)oc2cc(Oc3ncncc3N)ccc12. The van der Waals surface area contributed by atoms with Gasteiger partial charge in [-0.15, -0.1) is 0 Å². The zero-order valence-corrected chi connectivity index (χ0v) is 10.7. The van der Waals surface area contributed by atoms with Gasteiger partial charge in [-0.1, -0.05) is 0 Å². The van der Waals surface area contributed by atoms with Crippen LogP contribution in [-0.4, -0.2) is 9.97 Å². The molecular formula is C14H11N3O3. The number of anilines is 1. The van der Waals surface area contributed by atoms with Crippen LogP contribution in [0.15, 0.2) is 46.0 Å². The largest absolute Gasteiger partial charge is 0.437 e. The van der Waals surface area contributed by atoms with Crippen LogP contribution in [0.3, 0.4) is 0 Å². The molecule has 0 atom stereocenters. The van der Waals surface area contributed by atoms with Crippen LogP contribution in [0.1, 0.15) is 5.56 Å². The lowest BCUT2D eigenvalue weighted by Gasteiger charge is -2.07. The molecule has 0 unspecified atom stereocenters. The molecule has 0 aliphatic carbocycles. The summed E-state index contributed by atoms with van der Waals surface area (Å²) < 4.78 is 10.7. The topological polar surface area (TPSA) is 91.2 Å². The molecule has 0 bridgehead atoms. The smallest absolute Gasteiger partial charge is 0.336 e. The van der Waals surface area contributed by atoms with Crippen LogP contribution in [0.5, 0.6) is 11.6 Å². The zero-order valence-electron chi connectivity index (χ0n) is 10.7. The number of ether oxygens (including phenoxy) is 1. The molecule has 2 heterocycles. The number of aryl methyl sites for hydroxylation is 1. The summed E-state index contributed by atoms with van der Waals surface area (Å²) in [4.78, 5) is 19.1. The summed E-state index contributed by atoms with van der Waals surface area (Å²) in [5, 5.41) is 0.854. The third-order valence-electron chi connectivity index (χ3n) is 2.84. The third-order valence-corrected chi connectivity index (χ3v) is 2.84. The first-order valence-corrected chi connectivity index (χ1v) is 5.91. The highest BCUT2D eigenvalue weighted by Crippen LogP contribution is 2.27. The maximum absolute atomic E-state index is 11.4. The van der Waals surface area contributed by atoms with Crippen molar-refractivity contribution >= 4 is 16.7 Å². The number of rotatable bonds is 2. The summed E-state index contributed by atoms with van der Waals surface area (Å²) in [6.45, 7) is 1.85. The van der Waals surface area contributed by atoms with Crippen LogP contribution < -0.4 is 16.1 Å². The molecular weight excluding hydrogens is 258 g/mol. The summed E-state index contributed by atoms with van der Waals surface area (Å²) in [5.74, 6) is 0.742. The second-order valence-corrected chi connectivity index (χ2v) is 4.29. The van der Waals surface area contributed by atoms with Gasteiger partial charge >= 0.3 is 5.63 Å². The Balaban J connectivity index is 2.05. The number of fused-ring (bicyclic) bond motifs is 1. The lowest BCUT2D eigenvalue weighted by Crippen LogP contribution is -1.98. The van der Waals surface area contributed by atoms with E-state index in [9.17, 15) is 4.79 Å². The Labute approximate surface area is 113 Å². The van der Waals surface area contributed by atoms with Crippen molar-refractivity contribution in [2.24, 2.45) is 0 Å². The van der Waals surface area contributed by atoms with Crippen molar-refractivity contribution in [3.63, 3.8) is 0 Å². The second-order valence-electron chi connectivity index (χ2n) is 4.29. The Morgan fingerprint density at radius 3 is 2.95 bits per heavy atom. The monoisotopic (exact) mass is 269 g/mol. The fourth-order valence-electron chi connectivity index (χ4n) is 1.89. The van der Waals surface area contributed by atoms with E-state index in [4.69, 9.17) is 14.9 Å². The van der Waals surface area contributed by atoms with Crippen LogP contribution in [0.2, 0.25) is 0 Å². The van der Waals surface area contributed by atoms with Crippen molar-refractivity contribution in [1.29, 1.82) is 0 Å². The molecule has 0 spiro atoms. The average molecular weight is 269 g/mol. The maximum Gasteiger partial charge on any atom is 0.336 e.